The second-order valence-electron chi connectivity index (χ2n) is 3.91. The molecule has 0 aromatic carbocycles. The summed E-state index contributed by atoms with van der Waals surface area (Å²) in [7, 11) is 0. The Morgan fingerprint density at radius 1 is 1.43 bits per heavy atom. The summed E-state index contributed by atoms with van der Waals surface area (Å²) >= 11 is 5.58. The molecular formula is C11H20ClNO. The molecule has 0 aromatic heterocycles. The van der Waals surface area contributed by atoms with Crippen molar-refractivity contribution < 1.29 is 4.79 Å². The van der Waals surface area contributed by atoms with Gasteiger partial charge in [-0.2, -0.15) is 0 Å². The zero-order valence-corrected chi connectivity index (χ0v) is 9.72. The molecule has 0 unspecified atom stereocenters. The highest BCUT2D eigenvalue weighted by Crippen LogP contribution is 2.23. The summed E-state index contributed by atoms with van der Waals surface area (Å²) in [4.78, 5) is 13.8. The van der Waals surface area contributed by atoms with E-state index in [1.807, 2.05) is 4.90 Å². The summed E-state index contributed by atoms with van der Waals surface area (Å²) in [5, 5.41) is 0. The van der Waals surface area contributed by atoms with Crippen LogP contribution < -0.4 is 0 Å². The van der Waals surface area contributed by atoms with Gasteiger partial charge in [0.15, 0.2) is 0 Å². The molecule has 0 radical (unpaired) electrons. The standard InChI is InChI=1S/C11H20ClNO/c1-2-13(10-6-3-4-7-10)11(14)8-5-9-12/h10H,2-9H2,1H3. The second kappa shape index (κ2) is 6.28. The van der Waals surface area contributed by atoms with Crippen molar-refractivity contribution in [3.8, 4) is 0 Å². The SMILES string of the molecule is CCN(C(=O)CCCCl)C1CCCC1. The summed E-state index contributed by atoms with van der Waals surface area (Å²) in [6.07, 6.45) is 6.38. The number of halogens is 1. The molecule has 0 bridgehead atoms. The Labute approximate surface area is 91.6 Å². The van der Waals surface area contributed by atoms with E-state index in [9.17, 15) is 4.79 Å². The van der Waals surface area contributed by atoms with Crippen molar-refractivity contribution in [3.05, 3.63) is 0 Å². The van der Waals surface area contributed by atoms with E-state index in [0.29, 0.717) is 24.2 Å². The molecule has 0 atom stereocenters. The number of rotatable bonds is 5. The zero-order valence-electron chi connectivity index (χ0n) is 8.97. The zero-order chi connectivity index (χ0) is 10.4. The number of nitrogens with zero attached hydrogens (tertiary/aromatic N) is 1. The molecule has 0 aromatic rings. The Morgan fingerprint density at radius 3 is 2.57 bits per heavy atom. The molecule has 0 spiro atoms. The van der Waals surface area contributed by atoms with E-state index in [4.69, 9.17) is 11.6 Å². The lowest BCUT2D eigenvalue weighted by Crippen LogP contribution is -2.38. The van der Waals surface area contributed by atoms with Crippen molar-refractivity contribution in [2.45, 2.75) is 51.5 Å². The molecule has 1 saturated carbocycles. The number of alkyl halides is 1. The molecule has 2 nitrogen and oxygen atoms in total. The topological polar surface area (TPSA) is 20.3 Å². The minimum Gasteiger partial charge on any atom is -0.340 e. The molecule has 0 N–H and O–H groups in total. The lowest BCUT2D eigenvalue weighted by molar-refractivity contribution is -0.133. The Balaban J connectivity index is 2.39. The lowest BCUT2D eigenvalue weighted by Gasteiger charge is -2.27. The lowest BCUT2D eigenvalue weighted by atomic mass is 10.2. The van der Waals surface area contributed by atoms with Crippen molar-refractivity contribution in [1.29, 1.82) is 0 Å². The first-order valence-corrected chi connectivity index (χ1v) is 6.18. The summed E-state index contributed by atoms with van der Waals surface area (Å²) in [6.45, 7) is 2.92. The molecule has 1 fully saturated rings. The van der Waals surface area contributed by atoms with E-state index in [2.05, 4.69) is 6.92 Å². The van der Waals surface area contributed by atoms with Crippen LogP contribution in [0.25, 0.3) is 0 Å². The van der Waals surface area contributed by atoms with Crippen molar-refractivity contribution in [1.82, 2.24) is 4.90 Å². The van der Waals surface area contributed by atoms with Gasteiger partial charge in [0, 0.05) is 24.9 Å². The monoisotopic (exact) mass is 217 g/mol. The normalized spacial score (nSPS) is 17.3. The minimum atomic E-state index is 0.292. The molecule has 1 amide bonds. The number of amides is 1. The Hall–Kier alpha value is -0.240. The first-order chi connectivity index (χ1) is 6.79. The minimum absolute atomic E-state index is 0.292. The molecule has 1 aliphatic rings. The van der Waals surface area contributed by atoms with Gasteiger partial charge in [-0.25, -0.2) is 0 Å². The van der Waals surface area contributed by atoms with E-state index in [0.717, 1.165) is 13.0 Å². The predicted molar refractivity (Wildman–Crippen MR) is 59.6 cm³/mol. The van der Waals surface area contributed by atoms with E-state index in [1.54, 1.807) is 0 Å². The highest BCUT2D eigenvalue weighted by atomic mass is 35.5. The number of carbonyl (C=O) groups excluding carboxylic acids is 1. The first kappa shape index (κ1) is 11.8. The molecule has 82 valence electrons. The van der Waals surface area contributed by atoms with Crippen molar-refractivity contribution in [2.24, 2.45) is 0 Å². The molecule has 1 rings (SSSR count). The van der Waals surface area contributed by atoms with Gasteiger partial charge in [-0.05, 0) is 26.2 Å². The molecule has 0 heterocycles. The van der Waals surface area contributed by atoms with Crippen molar-refractivity contribution in [3.63, 3.8) is 0 Å². The maximum Gasteiger partial charge on any atom is 0.222 e. The van der Waals surface area contributed by atoms with Crippen molar-refractivity contribution >= 4 is 17.5 Å². The van der Waals surface area contributed by atoms with Crippen LogP contribution in [-0.4, -0.2) is 29.3 Å². The highest BCUT2D eigenvalue weighted by Gasteiger charge is 2.24. The smallest absolute Gasteiger partial charge is 0.222 e. The molecule has 0 aliphatic heterocycles. The average molecular weight is 218 g/mol. The van der Waals surface area contributed by atoms with Gasteiger partial charge in [-0.1, -0.05) is 12.8 Å². The highest BCUT2D eigenvalue weighted by molar-refractivity contribution is 6.17. The summed E-state index contributed by atoms with van der Waals surface area (Å²) in [6, 6.07) is 0.517. The van der Waals surface area contributed by atoms with Crippen LogP contribution in [0.4, 0.5) is 0 Å². The fraction of sp³-hybridized carbons (Fsp3) is 0.909. The van der Waals surface area contributed by atoms with Crippen LogP contribution in [0.5, 0.6) is 0 Å². The number of hydrogen-bond donors (Lipinski definition) is 0. The van der Waals surface area contributed by atoms with Crippen LogP contribution in [-0.2, 0) is 4.79 Å². The predicted octanol–water partition coefficient (Wildman–Crippen LogP) is 2.80. The number of carbonyl (C=O) groups is 1. The fourth-order valence-electron chi connectivity index (χ4n) is 2.22. The largest absolute Gasteiger partial charge is 0.340 e. The van der Waals surface area contributed by atoms with Gasteiger partial charge >= 0.3 is 0 Å². The fourth-order valence-corrected chi connectivity index (χ4v) is 2.35. The Bertz CT molecular complexity index is 178. The van der Waals surface area contributed by atoms with E-state index >= 15 is 0 Å². The average Bonchev–Trinajstić information content (AvgIpc) is 2.69. The summed E-state index contributed by atoms with van der Waals surface area (Å²) in [5.41, 5.74) is 0. The van der Waals surface area contributed by atoms with Crippen LogP contribution in [0.3, 0.4) is 0 Å². The maximum absolute atomic E-state index is 11.8. The summed E-state index contributed by atoms with van der Waals surface area (Å²) in [5.74, 6) is 0.883. The van der Waals surface area contributed by atoms with Gasteiger partial charge in [0.2, 0.25) is 5.91 Å². The Kier molecular flexibility index (Phi) is 5.31. The summed E-state index contributed by atoms with van der Waals surface area (Å²) < 4.78 is 0. The van der Waals surface area contributed by atoms with Crippen LogP contribution in [0, 0.1) is 0 Å². The third-order valence-electron chi connectivity index (χ3n) is 2.95. The van der Waals surface area contributed by atoms with E-state index in [1.165, 1.54) is 25.7 Å². The van der Waals surface area contributed by atoms with Crippen LogP contribution in [0.2, 0.25) is 0 Å². The van der Waals surface area contributed by atoms with Crippen LogP contribution in [0.15, 0.2) is 0 Å². The van der Waals surface area contributed by atoms with Gasteiger partial charge in [0.1, 0.15) is 0 Å². The second-order valence-corrected chi connectivity index (χ2v) is 4.29. The Morgan fingerprint density at radius 2 is 2.07 bits per heavy atom. The third-order valence-corrected chi connectivity index (χ3v) is 3.22. The molecule has 0 saturated heterocycles. The van der Waals surface area contributed by atoms with Gasteiger partial charge in [-0.15, -0.1) is 11.6 Å². The number of hydrogen-bond acceptors (Lipinski definition) is 1. The van der Waals surface area contributed by atoms with E-state index in [-0.39, 0.29) is 0 Å². The van der Waals surface area contributed by atoms with Gasteiger partial charge < -0.3 is 4.90 Å². The first-order valence-electron chi connectivity index (χ1n) is 5.65. The van der Waals surface area contributed by atoms with Crippen molar-refractivity contribution in [2.75, 3.05) is 12.4 Å². The maximum atomic E-state index is 11.8. The molecule has 1 aliphatic carbocycles. The van der Waals surface area contributed by atoms with E-state index < -0.39 is 0 Å². The van der Waals surface area contributed by atoms with Crippen LogP contribution in [0.1, 0.15) is 45.4 Å². The van der Waals surface area contributed by atoms with Gasteiger partial charge in [0.25, 0.3) is 0 Å². The van der Waals surface area contributed by atoms with Crippen LogP contribution >= 0.6 is 11.6 Å². The molecular weight excluding hydrogens is 198 g/mol. The van der Waals surface area contributed by atoms with Gasteiger partial charge in [0.05, 0.1) is 0 Å². The van der Waals surface area contributed by atoms with Gasteiger partial charge in [-0.3, -0.25) is 4.79 Å². The molecule has 3 heteroatoms. The quantitative estimate of drug-likeness (QED) is 0.649. The third kappa shape index (κ3) is 3.16. The molecule has 14 heavy (non-hydrogen) atoms.